The minimum Gasteiger partial charge on any atom is -0.479 e. The van der Waals surface area contributed by atoms with Gasteiger partial charge in [0.2, 0.25) is 5.78 Å². The van der Waals surface area contributed by atoms with Crippen LogP contribution in [0.4, 0.5) is 5.69 Å². The normalized spacial score (nSPS) is 11.7. The molecule has 0 aliphatic rings. The highest BCUT2D eigenvalue weighted by Gasteiger charge is 2.23. The van der Waals surface area contributed by atoms with Crippen LogP contribution in [0.25, 0.3) is 10.8 Å². The molecule has 9 heteroatoms. The van der Waals surface area contributed by atoms with Crippen molar-refractivity contribution in [2.45, 2.75) is 32.8 Å². The fraction of sp³-hybridized carbons (Fsp3) is 0.179. The van der Waals surface area contributed by atoms with Gasteiger partial charge in [-0.1, -0.05) is 30.3 Å². The Morgan fingerprint density at radius 1 is 1.03 bits per heavy atom. The van der Waals surface area contributed by atoms with Crippen molar-refractivity contribution in [2.75, 3.05) is 0 Å². The summed E-state index contributed by atoms with van der Waals surface area (Å²) in [6.45, 7) is 3.40. The number of fused-ring (bicyclic) bond motifs is 1. The molecule has 1 unspecified atom stereocenters. The van der Waals surface area contributed by atoms with Gasteiger partial charge in [0.05, 0.1) is 10.3 Å². The molecule has 1 heterocycles. The van der Waals surface area contributed by atoms with Crippen LogP contribution in [0.5, 0.6) is 5.75 Å². The number of nitro groups is 1. The molecule has 9 nitrogen and oxygen atoms in total. The molecule has 4 rings (SSSR count). The highest BCUT2D eigenvalue weighted by atomic mass is 16.6. The van der Waals surface area contributed by atoms with Gasteiger partial charge in [-0.15, -0.1) is 0 Å². The maximum atomic E-state index is 13.1. The van der Waals surface area contributed by atoms with Gasteiger partial charge in [-0.25, -0.2) is 9.59 Å². The largest absolute Gasteiger partial charge is 0.479 e. The first-order valence-corrected chi connectivity index (χ1v) is 11.5. The van der Waals surface area contributed by atoms with Crippen molar-refractivity contribution >= 4 is 28.2 Å². The quantitative estimate of drug-likeness (QED) is 0.192. The standard InChI is InChI=1S/C28H23NO8/c1-16-12-20(25(30)24-14-19-9-10-21(29(34)35)15-22(19)28(33)37-24)13-17(2)26(16)36-23(27(31)32)11-8-18-6-4-3-5-7-18/h3-7,9-10,12-15,23H,8,11H2,1-2H3,(H,31,32). The molecule has 0 aliphatic heterocycles. The summed E-state index contributed by atoms with van der Waals surface area (Å²) in [6.07, 6.45) is -0.294. The van der Waals surface area contributed by atoms with Gasteiger partial charge in [0.25, 0.3) is 5.69 Å². The topological polar surface area (TPSA) is 137 Å². The zero-order chi connectivity index (χ0) is 26.7. The van der Waals surface area contributed by atoms with Gasteiger partial charge >= 0.3 is 11.6 Å². The van der Waals surface area contributed by atoms with Gasteiger partial charge in [0.15, 0.2) is 11.9 Å². The lowest BCUT2D eigenvalue weighted by atomic mass is 10.0. The number of rotatable bonds is 9. The fourth-order valence-electron chi connectivity index (χ4n) is 4.12. The molecule has 0 saturated carbocycles. The van der Waals surface area contributed by atoms with E-state index in [2.05, 4.69) is 0 Å². The maximum absolute atomic E-state index is 13.1. The number of aryl methyl sites for hydroxylation is 3. The molecule has 0 amide bonds. The summed E-state index contributed by atoms with van der Waals surface area (Å²) >= 11 is 0. The summed E-state index contributed by atoms with van der Waals surface area (Å²) in [5, 5.41) is 21.0. The smallest absolute Gasteiger partial charge is 0.344 e. The van der Waals surface area contributed by atoms with Crippen LogP contribution in [0, 0.1) is 24.0 Å². The zero-order valence-corrected chi connectivity index (χ0v) is 20.1. The summed E-state index contributed by atoms with van der Waals surface area (Å²) in [7, 11) is 0. The molecule has 0 aliphatic carbocycles. The fourth-order valence-corrected chi connectivity index (χ4v) is 4.12. The van der Waals surface area contributed by atoms with Crippen LogP contribution >= 0.6 is 0 Å². The van der Waals surface area contributed by atoms with Crippen LogP contribution in [0.1, 0.15) is 39.2 Å². The van der Waals surface area contributed by atoms with Crippen molar-refractivity contribution < 1.29 is 28.8 Å². The first-order chi connectivity index (χ1) is 17.6. The van der Waals surface area contributed by atoms with Gasteiger partial charge in [0.1, 0.15) is 5.75 Å². The summed E-state index contributed by atoms with van der Waals surface area (Å²) in [6, 6.07) is 17.7. The van der Waals surface area contributed by atoms with E-state index in [1.807, 2.05) is 30.3 Å². The molecular formula is C28H23NO8. The molecule has 0 fully saturated rings. The van der Waals surface area contributed by atoms with Crippen LogP contribution in [0.15, 0.2) is 75.9 Å². The van der Waals surface area contributed by atoms with Crippen molar-refractivity contribution in [1.29, 1.82) is 0 Å². The summed E-state index contributed by atoms with van der Waals surface area (Å²) in [4.78, 5) is 47.8. The molecular weight excluding hydrogens is 478 g/mol. The van der Waals surface area contributed by atoms with E-state index in [0.717, 1.165) is 11.6 Å². The molecule has 0 bridgehead atoms. The van der Waals surface area contributed by atoms with Crippen molar-refractivity contribution in [3.63, 3.8) is 0 Å². The van der Waals surface area contributed by atoms with Crippen molar-refractivity contribution in [2.24, 2.45) is 0 Å². The SMILES string of the molecule is Cc1cc(C(=O)c2cc3ccc([N+](=O)[O-])cc3c(=O)o2)cc(C)c1OC(CCc1ccccc1)C(=O)O. The number of hydrogen-bond acceptors (Lipinski definition) is 7. The lowest BCUT2D eigenvalue weighted by molar-refractivity contribution is -0.384. The van der Waals surface area contributed by atoms with E-state index in [0.29, 0.717) is 28.7 Å². The molecule has 0 radical (unpaired) electrons. The van der Waals surface area contributed by atoms with E-state index in [4.69, 9.17) is 9.15 Å². The second-order valence-corrected chi connectivity index (χ2v) is 8.66. The molecule has 188 valence electrons. The lowest BCUT2D eigenvalue weighted by Gasteiger charge is -2.19. The Morgan fingerprint density at radius 2 is 1.70 bits per heavy atom. The highest BCUT2D eigenvalue weighted by molar-refractivity contribution is 6.08. The van der Waals surface area contributed by atoms with Crippen LogP contribution in [-0.2, 0) is 11.2 Å². The van der Waals surface area contributed by atoms with E-state index in [-0.39, 0.29) is 28.8 Å². The third-order valence-corrected chi connectivity index (χ3v) is 5.98. The van der Waals surface area contributed by atoms with E-state index in [1.54, 1.807) is 26.0 Å². The number of nitro benzene ring substituents is 1. The third-order valence-electron chi connectivity index (χ3n) is 5.98. The summed E-state index contributed by atoms with van der Waals surface area (Å²) < 4.78 is 11.1. The number of ether oxygens (including phenoxy) is 1. The van der Waals surface area contributed by atoms with Crippen LogP contribution < -0.4 is 10.4 Å². The Hall–Kier alpha value is -4.79. The molecule has 0 spiro atoms. The number of carboxylic acids is 1. The van der Waals surface area contributed by atoms with Crippen LogP contribution in [0.3, 0.4) is 0 Å². The maximum Gasteiger partial charge on any atom is 0.344 e. The number of non-ortho nitro benzene ring substituents is 1. The van der Waals surface area contributed by atoms with Gasteiger partial charge in [-0.2, -0.15) is 0 Å². The van der Waals surface area contributed by atoms with E-state index < -0.39 is 28.4 Å². The molecule has 4 aromatic rings. The van der Waals surface area contributed by atoms with Gasteiger partial charge < -0.3 is 14.3 Å². The van der Waals surface area contributed by atoms with E-state index in [9.17, 15) is 29.6 Å². The lowest BCUT2D eigenvalue weighted by Crippen LogP contribution is -2.28. The van der Waals surface area contributed by atoms with E-state index >= 15 is 0 Å². The predicted octanol–water partition coefficient (Wildman–Crippen LogP) is 5.01. The average Bonchev–Trinajstić information content (AvgIpc) is 2.87. The number of ketones is 1. The number of carbonyl (C=O) groups excluding carboxylic acids is 1. The number of benzene rings is 3. The number of hydrogen-bond donors (Lipinski definition) is 1. The Bertz CT molecular complexity index is 1550. The number of carboxylic acid groups (broad SMARTS) is 1. The van der Waals surface area contributed by atoms with Crippen molar-refractivity contribution in [1.82, 2.24) is 0 Å². The Kier molecular flexibility index (Phi) is 7.15. The predicted molar refractivity (Wildman–Crippen MR) is 135 cm³/mol. The van der Waals surface area contributed by atoms with Gasteiger partial charge in [-0.05, 0) is 73.0 Å². The first kappa shape index (κ1) is 25.3. The summed E-state index contributed by atoms with van der Waals surface area (Å²) in [5.74, 6) is -1.50. The van der Waals surface area contributed by atoms with Crippen LogP contribution in [0.2, 0.25) is 0 Å². The van der Waals surface area contributed by atoms with Crippen molar-refractivity contribution in [3.05, 3.63) is 115 Å². The van der Waals surface area contributed by atoms with Gasteiger partial charge in [0, 0.05) is 17.7 Å². The van der Waals surface area contributed by atoms with Crippen molar-refractivity contribution in [3.8, 4) is 5.75 Å². The molecule has 1 N–H and O–H groups in total. The second kappa shape index (κ2) is 10.4. The molecule has 37 heavy (non-hydrogen) atoms. The summed E-state index contributed by atoms with van der Waals surface area (Å²) in [5.41, 5.74) is 1.20. The molecule has 1 atom stereocenters. The Balaban J connectivity index is 1.59. The monoisotopic (exact) mass is 501 g/mol. The van der Waals surface area contributed by atoms with Crippen LogP contribution in [-0.4, -0.2) is 27.9 Å². The first-order valence-electron chi connectivity index (χ1n) is 11.5. The number of carbonyl (C=O) groups is 2. The minimum absolute atomic E-state index is 0.00271. The van der Waals surface area contributed by atoms with Gasteiger partial charge in [-0.3, -0.25) is 14.9 Å². The Labute approximate surface area is 211 Å². The second-order valence-electron chi connectivity index (χ2n) is 8.66. The zero-order valence-electron chi connectivity index (χ0n) is 20.1. The molecule has 3 aromatic carbocycles. The van der Waals surface area contributed by atoms with E-state index in [1.165, 1.54) is 18.2 Å². The average molecular weight is 501 g/mol. The highest BCUT2D eigenvalue weighted by Crippen LogP contribution is 2.28. The number of aliphatic carboxylic acids is 1. The molecule has 1 aromatic heterocycles. The Morgan fingerprint density at radius 3 is 2.32 bits per heavy atom. The third kappa shape index (κ3) is 5.56. The minimum atomic E-state index is -1.09. The molecule has 0 saturated heterocycles. The number of nitrogens with zero attached hydrogens (tertiary/aromatic N) is 1.